The van der Waals surface area contributed by atoms with Gasteiger partial charge in [-0.15, -0.1) is 16.8 Å². The van der Waals surface area contributed by atoms with Crippen molar-refractivity contribution in [2.24, 2.45) is 0 Å². The van der Waals surface area contributed by atoms with Crippen molar-refractivity contribution in [3.05, 3.63) is 82.4 Å². The van der Waals surface area contributed by atoms with Gasteiger partial charge in [-0.2, -0.15) is 0 Å². The molecule has 2 amide bonds. The van der Waals surface area contributed by atoms with Gasteiger partial charge in [0.05, 0.1) is 17.1 Å². The maximum absolute atomic E-state index is 13.0. The highest BCUT2D eigenvalue weighted by atomic mass is 32.2. The maximum Gasteiger partial charge on any atom is 0.269 e. The van der Waals surface area contributed by atoms with Crippen LogP contribution in [0.4, 0.5) is 21.5 Å². The van der Waals surface area contributed by atoms with E-state index in [1.807, 2.05) is 0 Å². The zero-order valence-electron chi connectivity index (χ0n) is 18.2. The summed E-state index contributed by atoms with van der Waals surface area (Å²) < 4.78 is 14.7. The van der Waals surface area contributed by atoms with E-state index in [0.717, 1.165) is 11.8 Å². The van der Waals surface area contributed by atoms with Gasteiger partial charge in [-0.05, 0) is 42.8 Å². The van der Waals surface area contributed by atoms with Gasteiger partial charge in [0.25, 0.3) is 5.69 Å². The molecule has 0 saturated carbocycles. The largest absolute Gasteiger partial charge is 0.326 e. The number of carbonyl (C=O) groups is 2. The summed E-state index contributed by atoms with van der Waals surface area (Å²) in [5, 5.41) is 24.8. The number of aryl methyl sites for hydroxylation is 1. The van der Waals surface area contributed by atoms with Crippen molar-refractivity contribution in [2.75, 3.05) is 16.4 Å². The Morgan fingerprint density at radius 1 is 1.18 bits per heavy atom. The molecule has 0 atom stereocenters. The fourth-order valence-corrected chi connectivity index (χ4v) is 3.74. The number of carbonyl (C=O) groups excluding carboxylic acids is 2. The van der Waals surface area contributed by atoms with E-state index in [9.17, 15) is 24.1 Å². The SMILES string of the molecule is C=CCn1c(CC(=O)Nc2ccc(F)cc2)nnc1SCC(=O)Nc1ccc([N+](=O)[O-])cc1C. The number of hydrogen-bond donors (Lipinski definition) is 2. The molecule has 0 aliphatic heterocycles. The van der Waals surface area contributed by atoms with Gasteiger partial charge >= 0.3 is 0 Å². The van der Waals surface area contributed by atoms with E-state index >= 15 is 0 Å². The van der Waals surface area contributed by atoms with Gasteiger partial charge < -0.3 is 15.2 Å². The highest BCUT2D eigenvalue weighted by Gasteiger charge is 2.17. The lowest BCUT2D eigenvalue weighted by molar-refractivity contribution is -0.384. The first kappa shape index (κ1) is 24.6. The van der Waals surface area contributed by atoms with Gasteiger partial charge in [0.15, 0.2) is 5.16 Å². The highest BCUT2D eigenvalue weighted by Crippen LogP contribution is 2.23. The second-order valence-corrected chi connectivity index (χ2v) is 8.07. The van der Waals surface area contributed by atoms with Crippen molar-refractivity contribution in [1.29, 1.82) is 0 Å². The number of rotatable bonds is 10. The van der Waals surface area contributed by atoms with Gasteiger partial charge in [0.1, 0.15) is 11.6 Å². The molecule has 0 aliphatic rings. The second-order valence-electron chi connectivity index (χ2n) is 7.12. The monoisotopic (exact) mass is 484 g/mol. The van der Waals surface area contributed by atoms with Crippen LogP contribution in [0.2, 0.25) is 0 Å². The van der Waals surface area contributed by atoms with Crippen molar-refractivity contribution in [1.82, 2.24) is 14.8 Å². The average molecular weight is 485 g/mol. The standard InChI is InChI=1S/C22H21FN6O4S/c1-3-10-28-19(12-20(30)24-16-6-4-15(23)5-7-16)26-27-22(28)34-13-21(31)25-18-9-8-17(29(32)33)11-14(18)2/h3-9,11H,1,10,12-13H2,2H3,(H,24,30)(H,25,31). The van der Waals surface area contributed by atoms with Crippen molar-refractivity contribution in [3.8, 4) is 0 Å². The normalized spacial score (nSPS) is 10.5. The van der Waals surface area contributed by atoms with Gasteiger partial charge in [0.2, 0.25) is 11.8 Å². The molecule has 0 fully saturated rings. The third-order valence-corrected chi connectivity index (χ3v) is 5.55. The number of nitrogens with one attached hydrogen (secondary N) is 2. The van der Waals surface area contributed by atoms with E-state index in [4.69, 9.17) is 0 Å². The summed E-state index contributed by atoms with van der Waals surface area (Å²) in [4.78, 5) is 35.1. The molecule has 0 spiro atoms. The molecule has 10 nitrogen and oxygen atoms in total. The molecule has 1 heterocycles. The fraction of sp³-hybridized carbons (Fsp3) is 0.182. The Labute approximate surface area is 198 Å². The second kappa shape index (κ2) is 11.2. The fourth-order valence-electron chi connectivity index (χ4n) is 2.97. The molecular formula is C22H21FN6O4S. The van der Waals surface area contributed by atoms with E-state index in [2.05, 4.69) is 27.4 Å². The third kappa shape index (κ3) is 6.48. The lowest BCUT2D eigenvalue weighted by Crippen LogP contribution is -2.18. The smallest absolute Gasteiger partial charge is 0.269 e. The van der Waals surface area contributed by atoms with E-state index < -0.39 is 10.7 Å². The molecule has 1 aromatic heterocycles. The topological polar surface area (TPSA) is 132 Å². The number of amides is 2. The Balaban J connectivity index is 1.62. The number of nitro benzene ring substituents is 1. The first-order valence-electron chi connectivity index (χ1n) is 10.0. The van der Waals surface area contributed by atoms with E-state index in [-0.39, 0.29) is 29.7 Å². The van der Waals surface area contributed by atoms with Crippen LogP contribution in [0.25, 0.3) is 0 Å². The molecule has 3 aromatic rings. The minimum absolute atomic E-state index is 0.00742. The van der Waals surface area contributed by atoms with E-state index in [1.165, 1.54) is 42.5 Å². The number of benzene rings is 2. The summed E-state index contributed by atoms with van der Waals surface area (Å²) >= 11 is 1.13. The number of non-ortho nitro benzene ring substituents is 1. The zero-order valence-corrected chi connectivity index (χ0v) is 19.0. The molecule has 0 bridgehead atoms. The van der Waals surface area contributed by atoms with Crippen molar-refractivity contribution >= 4 is 40.6 Å². The molecular weight excluding hydrogens is 463 g/mol. The molecule has 176 valence electrons. The first-order chi connectivity index (χ1) is 16.3. The number of thioether (sulfide) groups is 1. The molecule has 3 rings (SSSR count). The predicted molar refractivity (Wildman–Crippen MR) is 126 cm³/mol. The van der Waals surface area contributed by atoms with Crippen LogP contribution in [-0.4, -0.2) is 37.3 Å². The Morgan fingerprint density at radius 3 is 2.56 bits per heavy atom. The van der Waals surface area contributed by atoms with Crippen molar-refractivity contribution in [3.63, 3.8) is 0 Å². The van der Waals surface area contributed by atoms with Crippen LogP contribution >= 0.6 is 11.8 Å². The molecule has 0 aliphatic carbocycles. The minimum Gasteiger partial charge on any atom is -0.326 e. The van der Waals surface area contributed by atoms with Crippen LogP contribution in [0.3, 0.4) is 0 Å². The lowest BCUT2D eigenvalue weighted by Gasteiger charge is -2.10. The molecule has 2 N–H and O–H groups in total. The van der Waals surface area contributed by atoms with Crippen molar-refractivity contribution < 1.29 is 18.9 Å². The van der Waals surface area contributed by atoms with E-state index in [0.29, 0.717) is 34.5 Å². The summed E-state index contributed by atoms with van der Waals surface area (Å²) in [6, 6.07) is 9.57. The van der Waals surface area contributed by atoms with Crippen LogP contribution in [0.15, 0.2) is 60.3 Å². The highest BCUT2D eigenvalue weighted by molar-refractivity contribution is 7.99. The molecule has 34 heavy (non-hydrogen) atoms. The number of anilines is 2. The Morgan fingerprint density at radius 2 is 1.91 bits per heavy atom. The summed E-state index contributed by atoms with van der Waals surface area (Å²) in [5.41, 5.74) is 1.44. The third-order valence-electron chi connectivity index (χ3n) is 4.58. The lowest BCUT2D eigenvalue weighted by atomic mass is 10.2. The number of nitro groups is 1. The predicted octanol–water partition coefficient (Wildman–Crippen LogP) is 3.73. The Bertz CT molecular complexity index is 1230. The van der Waals surface area contributed by atoms with Crippen LogP contribution < -0.4 is 10.6 Å². The number of aromatic nitrogens is 3. The maximum atomic E-state index is 13.0. The number of nitrogens with zero attached hydrogens (tertiary/aromatic N) is 4. The van der Waals surface area contributed by atoms with Crippen molar-refractivity contribution in [2.45, 2.75) is 25.0 Å². The average Bonchev–Trinajstić information content (AvgIpc) is 3.16. The molecule has 0 saturated heterocycles. The summed E-state index contributed by atoms with van der Waals surface area (Å²) in [6.45, 7) is 5.70. The molecule has 0 radical (unpaired) electrons. The minimum atomic E-state index is -0.502. The van der Waals surface area contributed by atoms with Crippen LogP contribution in [0.1, 0.15) is 11.4 Å². The molecule has 0 unspecified atom stereocenters. The van der Waals surface area contributed by atoms with E-state index in [1.54, 1.807) is 17.6 Å². The van der Waals surface area contributed by atoms with Crippen LogP contribution in [-0.2, 0) is 22.6 Å². The Kier molecular flexibility index (Phi) is 8.09. The van der Waals surface area contributed by atoms with Gasteiger partial charge in [0, 0.05) is 30.1 Å². The van der Waals surface area contributed by atoms with Gasteiger partial charge in [-0.25, -0.2) is 4.39 Å². The summed E-state index contributed by atoms with van der Waals surface area (Å²) in [6.07, 6.45) is 1.54. The number of allylic oxidation sites excluding steroid dienone is 1. The van der Waals surface area contributed by atoms with Gasteiger partial charge in [-0.3, -0.25) is 19.7 Å². The van der Waals surface area contributed by atoms with Crippen LogP contribution in [0, 0.1) is 22.9 Å². The first-order valence-corrected chi connectivity index (χ1v) is 11.0. The van der Waals surface area contributed by atoms with Gasteiger partial charge in [-0.1, -0.05) is 17.8 Å². The quantitative estimate of drug-likeness (QED) is 0.194. The zero-order chi connectivity index (χ0) is 24.7. The summed E-state index contributed by atoms with van der Waals surface area (Å²) in [7, 11) is 0. The molecule has 12 heteroatoms. The van der Waals surface area contributed by atoms with Crippen LogP contribution in [0.5, 0.6) is 0 Å². The Hall–Kier alpha value is -4.06. The number of hydrogen-bond acceptors (Lipinski definition) is 7. The summed E-state index contributed by atoms with van der Waals surface area (Å²) in [5.74, 6) is -0.696. The molecule has 2 aromatic carbocycles. The number of halogens is 1.